The molecular formula is C16H33NO6Si. The number of nitrogens with one attached hydrogen (secondary N) is 1. The molecule has 0 spiro atoms. The molecule has 0 aliphatic heterocycles. The molecule has 0 saturated heterocycles. The van der Waals surface area contributed by atoms with Crippen molar-refractivity contribution in [2.24, 2.45) is 0 Å². The van der Waals surface area contributed by atoms with E-state index in [1.807, 2.05) is 13.8 Å². The van der Waals surface area contributed by atoms with Gasteiger partial charge in [0.2, 0.25) is 0 Å². The summed E-state index contributed by atoms with van der Waals surface area (Å²) >= 11 is 0. The van der Waals surface area contributed by atoms with Gasteiger partial charge in [0.1, 0.15) is 6.04 Å². The third-order valence-corrected chi connectivity index (χ3v) is 4.49. The molecule has 0 aromatic rings. The van der Waals surface area contributed by atoms with E-state index in [9.17, 15) is 9.59 Å². The van der Waals surface area contributed by atoms with Crippen molar-refractivity contribution in [1.29, 1.82) is 0 Å². The van der Waals surface area contributed by atoms with Crippen LogP contribution in [0.5, 0.6) is 0 Å². The number of carbonyl (C=O) groups is 2. The van der Waals surface area contributed by atoms with E-state index in [1.54, 1.807) is 13.8 Å². The van der Waals surface area contributed by atoms with E-state index in [2.05, 4.69) is 5.32 Å². The molecule has 0 aliphatic rings. The van der Waals surface area contributed by atoms with Crippen molar-refractivity contribution in [1.82, 2.24) is 5.32 Å². The van der Waals surface area contributed by atoms with Crippen molar-refractivity contribution in [2.45, 2.75) is 58.4 Å². The Morgan fingerprint density at radius 2 is 1.54 bits per heavy atom. The van der Waals surface area contributed by atoms with E-state index in [0.29, 0.717) is 31.9 Å². The molecule has 142 valence electrons. The number of carbonyl (C=O) groups excluding carboxylic acids is 2. The van der Waals surface area contributed by atoms with Crippen molar-refractivity contribution in [3.05, 3.63) is 0 Å². The number of hydrogen-bond donors (Lipinski definition) is 1. The molecule has 7 nitrogen and oxygen atoms in total. The van der Waals surface area contributed by atoms with Gasteiger partial charge in [-0.15, -0.1) is 0 Å². The summed E-state index contributed by atoms with van der Waals surface area (Å²) in [4.78, 5) is 23.6. The first-order chi connectivity index (χ1) is 11.5. The fourth-order valence-electron chi connectivity index (χ4n) is 2.19. The smallest absolute Gasteiger partial charge is 0.323 e. The van der Waals surface area contributed by atoms with Crippen LogP contribution in [-0.4, -0.2) is 67.5 Å². The highest BCUT2D eigenvalue weighted by atomic mass is 28.1. The third kappa shape index (κ3) is 10.0. The molecule has 0 aromatic carbocycles. The summed E-state index contributed by atoms with van der Waals surface area (Å²) in [5.41, 5.74) is 0.294. The second kappa shape index (κ2) is 14.4. The molecule has 1 N–H and O–H groups in total. The Kier molecular flexibility index (Phi) is 13.8. The Morgan fingerprint density at radius 3 is 2.04 bits per heavy atom. The van der Waals surface area contributed by atoms with Crippen LogP contribution in [0, 0.1) is 0 Å². The minimum Gasteiger partial charge on any atom is -0.466 e. The minimum atomic E-state index is -0.685. The average molecular weight is 364 g/mol. The normalized spacial score (nSPS) is 13.7. The molecule has 0 saturated carbocycles. The van der Waals surface area contributed by atoms with Crippen LogP contribution in [0.15, 0.2) is 0 Å². The molecule has 2 atom stereocenters. The van der Waals surface area contributed by atoms with Crippen LogP contribution in [0.1, 0.15) is 40.5 Å². The summed E-state index contributed by atoms with van der Waals surface area (Å²) < 4.78 is 21.1. The van der Waals surface area contributed by atoms with Gasteiger partial charge in [0.05, 0.1) is 19.6 Å². The molecular weight excluding hydrogens is 330 g/mol. The van der Waals surface area contributed by atoms with Gasteiger partial charge in [-0.1, -0.05) is 0 Å². The van der Waals surface area contributed by atoms with Gasteiger partial charge in [-0.05, 0) is 46.2 Å². The van der Waals surface area contributed by atoms with Crippen LogP contribution in [-0.2, 0) is 28.5 Å². The van der Waals surface area contributed by atoms with Crippen LogP contribution in [0.3, 0.4) is 0 Å². The van der Waals surface area contributed by atoms with Crippen LogP contribution in [0.4, 0.5) is 0 Å². The van der Waals surface area contributed by atoms with Crippen molar-refractivity contribution in [3.8, 4) is 0 Å². The van der Waals surface area contributed by atoms with E-state index in [0.717, 1.165) is 16.7 Å². The topological polar surface area (TPSA) is 83.1 Å². The molecule has 8 heteroatoms. The fourth-order valence-corrected chi connectivity index (χ4v) is 2.87. The van der Waals surface area contributed by atoms with Crippen LogP contribution in [0.25, 0.3) is 0 Å². The number of esters is 2. The third-order valence-electron chi connectivity index (χ3n) is 3.36. The second-order valence-corrected chi connectivity index (χ2v) is 6.80. The summed E-state index contributed by atoms with van der Waals surface area (Å²) in [5.74, 6) is -0.839. The second-order valence-electron chi connectivity index (χ2n) is 5.31. The summed E-state index contributed by atoms with van der Waals surface area (Å²) in [6.07, 6.45) is 0.564. The van der Waals surface area contributed by atoms with Crippen LogP contribution >= 0.6 is 0 Å². The maximum absolute atomic E-state index is 12.0. The number of rotatable bonds is 14. The molecule has 0 fully saturated rings. The van der Waals surface area contributed by atoms with Gasteiger partial charge < -0.3 is 24.3 Å². The van der Waals surface area contributed by atoms with Gasteiger partial charge in [0, 0.05) is 23.5 Å². The highest BCUT2D eigenvalue weighted by Crippen LogP contribution is 2.16. The average Bonchev–Trinajstić information content (AvgIpc) is 2.54. The van der Waals surface area contributed by atoms with Crippen molar-refractivity contribution < 1.29 is 28.5 Å². The Morgan fingerprint density at radius 1 is 0.958 bits per heavy atom. The summed E-state index contributed by atoms with van der Waals surface area (Å²) in [6.45, 7) is 9.70. The van der Waals surface area contributed by atoms with Gasteiger partial charge in [-0.3, -0.25) is 9.59 Å². The number of hydrogen-bond acceptors (Lipinski definition) is 7. The Labute approximate surface area is 148 Å². The van der Waals surface area contributed by atoms with E-state index in [-0.39, 0.29) is 19.3 Å². The maximum atomic E-state index is 12.0. The van der Waals surface area contributed by atoms with Gasteiger partial charge in [0.15, 0.2) is 6.29 Å². The summed E-state index contributed by atoms with van der Waals surface area (Å²) in [6, 6.07) is -0.685. The van der Waals surface area contributed by atoms with Crippen molar-refractivity contribution in [3.63, 3.8) is 0 Å². The number of ether oxygens (including phenoxy) is 4. The zero-order valence-corrected chi connectivity index (χ0v) is 17.6. The quantitative estimate of drug-likeness (QED) is 0.272. The van der Waals surface area contributed by atoms with Crippen molar-refractivity contribution in [2.75, 3.05) is 33.0 Å². The van der Waals surface area contributed by atoms with Gasteiger partial charge in [0.25, 0.3) is 0 Å². The SMILES string of the molecule is CCOC(=O)CC(NCCC([SiH3])C(OCC)OCC)C(=O)OCC. The largest absolute Gasteiger partial charge is 0.466 e. The molecule has 0 rings (SSSR count). The fraction of sp³-hybridized carbons (Fsp3) is 0.875. The first-order valence-electron chi connectivity index (χ1n) is 8.78. The Balaban J connectivity index is 4.47. The first kappa shape index (κ1) is 23.0. The highest BCUT2D eigenvalue weighted by molar-refractivity contribution is 6.11. The lowest BCUT2D eigenvalue weighted by Gasteiger charge is -2.24. The Hall–Kier alpha value is -0.963. The standard InChI is InChI=1S/C16H33NO6Si/c1-5-20-14(18)11-12(15(19)21-6-2)17-10-9-13(24)16(22-7-3)23-8-4/h12-13,16-17H,5-11H2,1-4,24H3. The monoisotopic (exact) mass is 363 g/mol. The molecule has 0 radical (unpaired) electrons. The molecule has 0 aromatic heterocycles. The van der Waals surface area contributed by atoms with Gasteiger partial charge in [-0.25, -0.2) is 0 Å². The molecule has 0 heterocycles. The molecule has 2 unspecified atom stereocenters. The van der Waals surface area contributed by atoms with Gasteiger partial charge >= 0.3 is 11.9 Å². The maximum Gasteiger partial charge on any atom is 0.323 e. The molecule has 0 bridgehead atoms. The zero-order chi connectivity index (χ0) is 18.4. The molecule has 0 aliphatic carbocycles. The lowest BCUT2D eigenvalue weighted by molar-refractivity contribution is -0.152. The lowest BCUT2D eigenvalue weighted by atomic mass is 10.2. The minimum absolute atomic E-state index is 0.0289. The lowest BCUT2D eigenvalue weighted by Crippen LogP contribution is -2.41. The highest BCUT2D eigenvalue weighted by Gasteiger charge is 2.24. The summed E-state index contributed by atoms with van der Waals surface area (Å²) in [5, 5.41) is 3.10. The predicted molar refractivity (Wildman–Crippen MR) is 95.0 cm³/mol. The molecule has 24 heavy (non-hydrogen) atoms. The molecule has 0 amide bonds. The van der Waals surface area contributed by atoms with E-state index >= 15 is 0 Å². The van der Waals surface area contributed by atoms with Crippen molar-refractivity contribution >= 4 is 22.2 Å². The van der Waals surface area contributed by atoms with Crippen LogP contribution in [0.2, 0.25) is 5.54 Å². The zero-order valence-electron chi connectivity index (χ0n) is 15.6. The Bertz CT molecular complexity index is 349. The van der Waals surface area contributed by atoms with Gasteiger partial charge in [-0.2, -0.15) is 0 Å². The van der Waals surface area contributed by atoms with E-state index < -0.39 is 18.0 Å². The summed E-state index contributed by atoms with van der Waals surface area (Å²) in [7, 11) is 0.910. The van der Waals surface area contributed by atoms with Crippen LogP contribution < -0.4 is 5.32 Å². The van der Waals surface area contributed by atoms with E-state index in [4.69, 9.17) is 18.9 Å². The van der Waals surface area contributed by atoms with E-state index in [1.165, 1.54) is 0 Å². The predicted octanol–water partition coefficient (Wildman–Crippen LogP) is 0.404. The first-order valence-corrected chi connectivity index (χ1v) is 9.94.